The van der Waals surface area contributed by atoms with E-state index in [-0.39, 0.29) is 16.9 Å². The number of hydrogen-bond donors (Lipinski definition) is 1. The van der Waals surface area contributed by atoms with Crippen molar-refractivity contribution in [2.75, 3.05) is 6.61 Å². The molecule has 2 N–H and O–H groups in total. The molecule has 3 nitrogen and oxygen atoms in total. The fourth-order valence-electron chi connectivity index (χ4n) is 2.29. The van der Waals surface area contributed by atoms with Gasteiger partial charge in [0, 0.05) is 16.4 Å². The zero-order valence-electron chi connectivity index (χ0n) is 11.2. The average molecular weight is 307 g/mol. The Morgan fingerprint density at radius 3 is 2.60 bits per heavy atom. The van der Waals surface area contributed by atoms with Gasteiger partial charge in [0.2, 0.25) is 5.91 Å². The van der Waals surface area contributed by atoms with Gasteiger partial charge in [-0.2, -0.15) is 13.2 Å². The van der Waals surface area contributed by atoms with Crippen LogP contribution in [0.3, 0.4) is 0 Å². The Morgan fingerprint density at radius 1 is 1.55 bits per heavy atom. The van der Waals surface area contributed by atoms with E-state index in [4.69, 9.17) is 10.5 Å². The van der Waals surface area contributed by atoms with Gasteiger partial charge in [-0.3, -0.25) is 4.79 Å². The van der Waals surface area contributed by atoms with E-state index in [0.29, 0.717) is 5.56 Å². The molecule has 0 radical (unpaired) electrons. The first-order valence-electron chi connectivity index (χ1n) is 6.25. The van der Waals surface area contributed by atoms with Gasteiger partial charge < -0.3 is 10.5 Å². The highest BCUT2D eigenvalue weighted by atomic mass is 32.1. The van der Waals surface area contributed by atoms with Gasteiger partial charge in [0.15, 0.2) is 11.7 Å². The van der Waals surface area contributed by atoms with Crippen molar-refractivity contribution in [2.24, 2.45) is 11.1 Å². The molecule has 0 aromatic carbocycles. The standard InChI is InChI=1S/C13H16F3NO2S/c1-7-5-9(8(2)12(3-4-12)11(17)18)20-10(7)19-6-13(14,15)16/h5,8H,3-4,6H2,1-2H3,(H2,17,18)/t8-/m0/s1. The van der Waals surface area contributed by atoms with Crippen molar-refractivity contribution in [1.29, 1.82) is 0 Å². The Balaban J connectivity index is 2.13. The third kappa shape index (κ3) is 2.92. The summed E-state index contributed by atoms with van der Waals surface area (Å²) < 4.78 is 41.3. The molecule has 1 aromatic heterocycles. The predicted octanol–water partition coefficient (Wildman–Crippen LogP) is 3.37. The summed E-state index contributed by atoms with van der Waals surface area (Å²) in [5, 5.41) is 0.254. The van der Waals surface area contributed by atoms with Gasteiger partial charge in [0.25, 0.3) is 0 Å². The highest BCUT2D eigenvalue weighted by molar-refractivity contribution is 7.14. The van der Waals surface area contributed by atoms with Gasteiger partial charge in [0.1, 0.15) is 0 Å². The van der Waals surface area contributed by atoms with Crippen LogP contribution in [0.5, 0.6) is 5.06 Å². The molecule has 1 heterocycles. The molecule has 20 heavy (non-hydrogen) atoms. The molecule has 0 spiro atoms. The molecule has 7 heteroatoms. The summed E-state index contributed by atoms with van der Waals surface area (Å²) in [5.41, 5.74) is 5.54. The second-order valence-corrected chi connectivity index (χ2v) is 6.31. The lowest BCUT2D eigenvalue weighted by Crippen LogP contribution is -2.28. The topological polar surface area (TPSA) is 52.3 Å². The summed E-state index contributed by atoms with van der Waals surface area (Å²) in [5.74, 6) is -0.430. The summed E-state index contributed by atoms with van der Waals surface area (Å²) in [4.78, 5) is 12.3. The van der Waals surface area contributed by atoms with Crippen LogP contribution in [-0.2, 0) is 4.79 Å². The Bertz CT molecular complexity index is 520. The Morgan fingerprint density at radius 2 is 2.15 bits per heavy atom. The molecule has 0 saturated heterocycles. The molecule has 1 amide bonds. The number of thiophene rings is 1. The number of carbonyl (C=O) groups is 1. The molecule has 0 unspecified atom stereocenters. The third-order valence-electron chi connectivity index (χ3n) is 3.79. The Labute approximate surface area is 118 Å². The lowest BCUT2D eigenvalue weighted by Gasteiger charge is -2.18. The normalized spacial score (nSPS) is 18.6. The van der Waals surface area contributed by atoms with E-state index in [1.807, 2.05) is 6.92 Å². The van der Waals surface area contributed by atoms with Crippen LogP contribution in [0.25, 0.3) is 0 Å². The number of hydrogen-bond acceptors (Lipinski definition) is 3. The SMILES string of the molecule is Cc1cc([C@H](C)C2(C(N)=O)CC2)sc1OCC(F)(F)F. The summed E-state index contributed by atoms with van der Waals surface area (Å²) in [6.07, 6.45) is -2.88. The highest BCUT2D eigenvalue weighted by Gasteiger charge is 2.53. The average Bonchev–Trinajstić information content (AvgIpc) is 3.05. The van der Waals surface area contributed by atoms with E-state index in [1.165, 1.54) is 0 Å². The van der Waals surface area contributed by atoms with Crippen molar-refractivity contribution < 1.29 is 22.7 Å². The molecule has 2 rings (SSSR count). The van der Waals surface area contributed by atoms with Crippen molar-refractivity contribution in [2.45, 2.75) is 38.8 Å². The van der Waals surface area contributed by atoms with Crippen molar-refractivity contribution >= 4 is 17.2 Å². The molecule has 1 aliphatic carbocycles. The predicted molar refractivity (Wildman–Crippen MR) is 69.9 cm³/mol. The van der Waals surface area contributed by atoms with Crippen LogP contribution in [-0.4, -0.2) is 18.7 Å². The van der Waals surface area contributed by atoms with Gasteiger partial charge in [-0.1, -0.05) is 6.92 Å². The molecule has 1 aliphatic rings. The molecule has 112 valence electrons. The molecule has 1 fully saturated rings. The maximum Gasteiger partial charge on any atom is 0.422 e. The summed E-state index contributed by atoms with van der Waals surface area (Å²) in [6, 6.07) is 1.78. The van der Waals surface area contributed by atoms with Crippen LogP contribution in [0.15, 0.2) is 6.07 Å². The summed E-state index contributed by atoms with van der Waals surface area (Å²) in [6.45, 7) is 2.28. The third-order valence-corrected chi connectivity index (χ3v) is 5.13. The van der Waals surface area contributed by atoms with E-state index in [1.54, 1.807) is 13.0 Å². The number of aryl methyl sites for hydroxylation is 1. The van der Waals surface area contributed by atoms with Gasteiger partial charge >= 0.3 is 6.18 Å². The molecule has 1 atom stereocenters. The lowest BCUT2D eigenvalue weighted by atomic mass is 9.88. The van der Waals surface area contributed by atoms with Gasteiger partial charge in [-0.05, 0) is 25.8 Å². The first-order valence-corrected chi connectivity index (χ1v) is 7.07. The summed E-state index contributed by atoms with van der Waals surface area (Å²) in [7, 11) is 0. The lowest BCUT2D eigenvalue weighted by molar-refractivity contribution is -0.153. The van der Waals surface area contributed by atoms with Crippen LogP contribution >= 0.6 is 11.3 Å². The van der Waals surface area contributed by atoms with Crippen molar-refractivity contribution in [3.05, 3.63) is 16.5 Å². The smallest absolute Gasteiger partial charge is 0.422 e. The number of alkyl halides is 3. The molecule has 1 aromatic rings. The number of halogens is 3. The van der Waals surface area contributed by atoms with Gasteiger partial charge in [-0.25, -0.2) is 0 Å². The monoisotopic (exact) mass is 307 g/mol. The molecular formula is C13H16F3NO2S. The molecular weight excluding hydrogens is 291 g/mol. The van der Waals surface area contributed by atoms with Crippen LogP contribution in [0.4, 0.5) is 13.2 Å². The van der Waals surface area contributed by atoms with Gasteiger partial charge in [0.05, 0.1) is 5.41 Å². The van der Waals surface area contributed by atoms with Crippen molar-refractivity contribution in [3.63, 3.8) is 0 Å². The number of amides is 1. The summed E-state index contributed by atoms with van der Waals surface area (Å²) >= 11 is 1.16. The minimum absolute atomic E-state index is 0.0908. The largest absolute Gasteiger partial charge is 0.474 e. The number of carbonyl (C=O) groups excluding carboxylic acids is 1. The quantitative estimate of drug-likeness (QED) is 0.907. The Hall–Kier alpha value is -1.24. The first-order chi connectivity index (χ1) is 9.16. The minimum Gasteiger partial charge on any atom is -0.474 e. The Kier molecular flexibility index (Phi) is 3.75. The zero-order valence-corrected chi connectivity index (χ0v) is 12.0. The van der Waals surface area contributed by atoms with Crippen LogP contribution in [0, 0.1) is 12.3 Å². The van der Waals surface area contributed by atoms with E-state index in [9.17, 15) is 18.0 Å². The maximum atomic E-state index is 12.2. The van der Waals surface area contributed by atoms with E-state index >= 15 is 0 Å². The second kappa shape index (κ2) is 4.95. The van der Waals surface area contributed by atoms with Crippen LogP contribution in [0.2, 0.25) is 0 Å². The van der Waals surface area contributed by atoms with E-state index in [0.717, 1.165) is 29.1 Å². The molecule has 1 saturated carbocycles. The van der Waals surface area contributed by atoms with Crippen molar-refractivity contribution in [1.82, 2.24) is 0 Å². The maximum absolute atomic E-state index is 12.2. The first kappa shape index (κ1) is 15.2. The number of ether oxygens (including phenoxy) is 1. The fraction of sp³-hybridized carbons (Fsp3) is 0.615. The van der Waals surface area contributed by atoms with Crippen molar-refractivity contribution in [3.8, 4) is 5.06 Å². The van der Waals surface area contributed by atoms with Crippen LogP contribution < -0.4 is 10.5 Å². The van der Waals surface area contributed by atoms with Crippen LogP contribution in [0.1, 0.15) is 36.1 Å². The number of nitrogens with two attached hydrogens (primary N) is 1. The number of primary amides is 1. The number of rotatable bonds is 5. The minimum atomic E-state index is -4.35. The molecule has 0 bridgehead atoms. The van der Waals surface area contributed by atoms with E-state index < -0.39 is 18.2 Å². The second-order valence-electron chi connectivity index (χ2n) is 5.27. The van der Waals surface area contributed by atoms with E-state index in [2.05, 4.69) is 0 Å². The fourth-order valence-corrected chi connectivity index (χ4v) is 3.48. The van der Waals surface area contributed by atoms with Gasteiger partial charge in [-0.15, -0.1) is 11.3 Å². The highest BCUT2D eigenvalue weighted by Crippen LogP contribution is 2.57. The molecule has 0 aliphatic heterocycles. The zero-order chi connectivity index (χ0) is 15.1.